The van der Waals surface area contributed by atoms with E-state index in [1.165, 1.54) is 13.2 Å². The van der Waals surface area contributed by atoms with Crippen LogP contribution in [-0.4, -0.2) is 19.7 Å². The molecule has 0 atom stereocenters. The van der Waals surface area contributed by atoms with E-state index in [0.717, 1.165) is 5.56 Å². The Hall–Kier alpha value is -2.63. The average molecular weight is 359 g/mol. The Morgan fingerprint density at radius 2 is 1.88 bits per heavy atom. The van der Waals surface area contributed by atoms with E-state index in [-0.39, 0.29) is 23.5 Å². The third-order valence-electron chi connectivity index (χ3n) is 3.60. The molecule has 0 N–H and O–H groups in total. The molecular weight excluding hydrogens is 344 g/mol. The van der Waals surface area contributed by atoms with Gasteiger partial charge in [-0.15, -0.1) is 0 Å². The van der Waals surface area contributed by atoms with Gasteiger partial charge < -0.3 is 13.9 Å². The maximum atomic E-state index is 12.8. The molecule has 128 valence electrons. The summed E-state index contributed by atoms with van der Waals surface area (Å²) in [5.41, 5.74) is 1.57. The predicted molar refractivity (Wildman–Crippen MR) is 95.2 cm³/mol. The summed E-state index contributed by atoms with van der Waals surface area (Å²) in [6.45, 7) is 1.67. The van der Waals surface area contributed by atoms with Gasteiger partial charge in [0.05, 0.1) is 5.39 Å². The van der Waals surface area contributed by atoms with Gasteiger partial charge in [0.1, 0.15) is 12.2 Å². The maximum absolute atomic E-state index is 12.8. The van der Waals surface area contributed by atoms with E-state index in [4.69, 9.17) is 25.5 Å². The molecule has 0 aliphatic heterocycles. The monoisotopic (exact) mass is 358 g/mol. The highest BCUT2D eigenvalue weighted by atomic mass is 35.5. The number of esters is 1. The third-order valence-corrected chi connectivity index (χ3v) is 3.84. The van der Waals surface area contributed by atoms with E-state index in [9.17, 15) is 9.59 Å². The average Bonchev–Trinajstić information content (AvgIpc) is 2.59. The molecule has 0 amide bonds. The zero-order valence-electron chi connectivity index (χ0n) is 13.7. The van der Waals surface area contributed by atoms with Crippen LogP contribution in [0.5, 0.6) is 5.75 Å². The molecule has 1 aromatic heterocycles. The first-order chi connectivity index (χ1) is 12.0. The molecule has 0 unspecified atom stereocenters. The van der Waals surface area contributed by atoms with Crippen molar-refractivity contribution in [2.45, 2.75) is 6.92 Å². The van der Waals surface area contributed by atoms with Gasteiger partial charge >= 0.3 is 5.97 Å². The summed E-state index contributed by atoms with van der Waals surface area (Å²) in [5, 5.41) is 0.626. The second-order valence-corrected chi connectivity index (χ2v) is 5.94. The van der Waals surface area contributed by atoms with Gasteiger partial charge in [0.2, 0.25) is 11.2 Å². The minimum absolute atomic E-state index is 0.180. The van der Waals surface area contributed by atoms with Crippen molar-refractivity contribution in [3.63, 3.8) is 0 Å². The highest BCUT2D eigenvalue weighted by Gasteiger charge is 2.20. The molecule has 0 saturated carbocycles. The summed E-state index contributed by atoms with van der Waals surface area (Å²) in [6, 6.07) is 12.1. The molecule has 5 nitrogen and oxygen atoms in total. The molecule has 0 fully saturated rings. The molecule has 3 aromatic rings. The summed E-state index contributed by atoms with van der Waals surface area (Å²) in [6.07, 6.45) is 0. The van der Waals surface area contributed by atoms with Gasteiger partial charge in [0, 0.05) is 17.7 Å². The molecule has 0 radical (unpaired) electrons. The lowest BCUT2D eigenvalue weighted by Gasteiger charge is -2.10. The first kappa shape index (κ1) is 17.2. The summed E-state index contributed by atoms with van der Waals surface area (Å²) in [5.74, 6) is -0.686. The lowest BCUT2D eigenvalue weighted by atomic mass is 10.1. The van der Waals surface area contributed by atoms with Crippen LogP contribution in [0.25, 0.3) is 22.3 Å². The first-order valence-electron chi connectivity index (χ1n) is 7.52. The maximum Gasteiger partial charge on any atom is 0.337 e. The number of benzene rings is 2. The van der Waals surface area contributed by atoms with Crippen molar-refractivity contribution >= 4 is 28.5 Å². The number of carbonyl (C=O) groups excluding carboxylic acids is 1. The highest BCUT2D eigenvalue weighted by molar-refractivity contribution is 6.31. The summed E-state index contributed by atoms with van der Waals surface area (Å²) in [7, 11) is 1.37. The van der Waals surface area contributed by atoms with Crippen LogP contribution in [0.2, 0.25) is 5.02 Å². The summed E-state index contributed by atoms with van der Waals surface area (Å²) < 4.78 is 15.8. The van der Waals surface area contributed by atoms with E-state index in [2.05, 4.69) is 0 Å². The number of rotatable bonds is 4. The summed E-state index contributed by atoms with van der Waals surface area (Å²) in [4.78, 5) is 24.7. The van der Waals surface area contributed by atoms with Gasteiger partial charge in [-0.3, -0.25) is 4.79 Å². The quantitative estimate of drug-likeness (QED) is 0.660. The first-order valence-corrected chi connectivity index (χ1v) is 7.90. The number of aryl methyl sites for hydroxylation is 1. The zero-order valence-corrected chi connectivity index (χ0v) is 14.4. The van der Waals surface area contributed by atoms with Crippen molar-refractivity contribution < 1.29 is 18.7 Å². The smallest absolute Gasteiger partial charge is 0.337 e. The molecular formula is C19H15ClO5. The lowest BCUT2D eigenvalue weighted by molar-refractivity contribution is -0.138. The number of halogens is 1. The molecule has 0 saturated heterocycles. The Morgan fingerprint density at radius 1 is 1.16 bits per heavy atom. The van der Waals surface area contributed by atoms with E-state index < -0.39 is 11.4 Å². The number of methoxy groups -OCH3 is 1. The molecule has 0 aliphatic rings. The Labute approximate surface area is 148 Å². The minimum Gasteiger partial charge on any atom is -0.452 e. The fraction of sp³-hybridized carbons (Fsp3) is 0.158. The molecule has 0 aliphatic carbocycles. The van der Waals surface area contributed by atoms with Crippen LogP contribution >= 0.6 is 11.6 Å². The van der Waals surface area contributed by atoms with Crippen molar-refractivity contribution in [3.05, 3.63) is 63.3 Å². The second kappa shape index (κ2) is 7.09. The van der Waals surface area contributed by atoms with E-state index in [1.807, 2.05) is 19.1 Å². The Morgan fingerprint density at radius 3 is 2.56 bits per heavy atom. The van der Waals surface area contributed by atoms with Crippen molar-refractivity contribution in [2.24, 2.45) is 0 Å². The molecule has 2 aromatic carbocycles. The van der Waals surface area contributed by atoms with Crippen LogP contribution in [0.3, 0.4) is 0 Å². The van der Waals surface area contributed by atoms with Crippen LogP contribution < -0.4 is 10.2 Å². The molecule has 3 rings (SSSR count). The number of carbonyl (C=O) groups is 1. The van der Waals surface area contributed by atoms with Crippen molar-refractivity contribution in [2.75, 3.05) is 13.7 Å². The molecule has 0 bridgehead atoms. The largest absolute Gasteiger partial charge is 0.452 e. The number of hydrogen-bond donors (Lipinski definition) is 0. The molecule has 0 spiro atoms. The lowest BCUT2D eigenvalue weighted by Crippen LogP contribution is -2.19. The van der Waals surface area contributed by atoms with Crippen LogP contribution in [0.4, 0.5) is 0 Å². The topological polar surface area (TPSA) is 65.7 Å². The van der Waals surface area contributed by atoms with Gasteiger partial charge in [0.25, 0.3) is 0 Å². The van der Waals surface area contributed by atoms with Gasteiger partial charge in [-0.05, 0) is 25.1 Å². The van der Waals surface area contributed by atoms with Gasteiger partial charge in [-0.25, -0.2) is 4.79 Å². The standard InChI is InChI=1S/C19H15ClO5/c1-11-3-5-12(6-4-11)18-19(25-16(21)10-23-2)17(22)14-9-13(20)7-8-15(14)24-18/h3-9H,10H2,1-2H3. The van der Waals surface area contributed by atoms with Crippen molar-refractivity contribution in [3.8, 4) is 17.1 Å². The van der Waals surface area contributed by atoms with Crippen LogP contribution in [-0.2, 0) is 9.53 Å². The van der Waals surface area contributed by atoms with Crippen LogP contribution in [0.15, 0.2) is 51.7 Å². The fourth-order valence-corrected chi connectivity index (χ4v) is 2.57. The predicted octanol–water partition coefficient (Wildman–Crippen LogP) is 3.97. The number of hydrogen-bond acceptors (Lipinski definition) is 5. The SMILES string of the molecule is COCC(=O)Oc1c(-c2ccc(C)cc2)oc2ccc(Cl)cc2c1=O. The number of fused-ring (bicyclic) bond motifs is 1. The van der Waals surface area contributed by atoms with Crippen molar-refractivity contribution in [1.29, 1.82) is 0 Å². The Bertz CT molecular complexity index is 989. The molecule has 1 heterocycles. The Kier molecular flexibility index (Phi) is 4.88. The van der Waals surface area contributed by atoms with Crippen LogP contribution in [0.1, 0.15) is 5.56 Å². The second-order valence-electron chi connectivity index (χ2n) is 5.50. The van der Waals surface area contributed by atoms with Crippen molar-refractivity contribution in [1.82, 2.24) is 0 Å². The Balaban J connectivity index is 2.25. The summed E-state index contributed by atoms with van der Waals surface area (Å²) >= 11 is 5.96. The minimum atomic E-state index is -0.690. The van der Waals surface area contributed by atoms with E-state index in [1.54, 1.807) is 24.3 Å². The molecule has 25 heavy (non-hydrogen) atoms. The van der Waals surface area contributed by atoms with Crippen LogP contribution in [0, 0.1) is 6.92 Å². The van der Waals surface area contributed by atoms with Gasteiger partial charge in [-0.1, -0.05) is 41.4 Å². The van der Waals surface area contributed by atoms with E-state index in [0.29, 0.717) is 16.2 Å². The van der Waals surface area contributed by atoms with E-state index >= 15 is 0 Å². The third kappa shape index (κ3) is 3.57. The zero-order chi connectivity index (χ0) is 18.0. The van der Waals surface area contributed by atoms with Gasteiger partial charge in [0.15, 0.2) is 5.76 Å². The molecule has 6 heteroatoms. The fourth-order valence-electron chi connectivity index (χ4n) is 2.40. The van der Waals surface area contributed by atoms with Gasteiger partial charge in [-0.2, -0.15) is 0 Å². The number of ether oxygens (including phenoxy) is 2. The normalized spacial score (nSPS) is 10.8. The highest BCUT2D eigenvalue weighted by Crippen LogP contribution is 2.32.